The Labute approximate surface area is 62.3 Å². The van der Waals surface area contributed by atoms with E-state index in [9.17, 15) is 4.79 Å². The van der Waals surface area contributed by atoms with Gasteiger partial charge in [0.2, 0.25) is 0 Å². The Balaban J connectivity index is 2.54. The van der Waals surface area contributed by atoms with E-state index in [4.69, 9.17) is 0 Å². The van der Waals surface area contributed by atoms with Gasteiger partial charge in [0.25, 0.3) is 5.66 Å². The zero-order valence-corrected chi connectivity index (χ0v) is 5.51. The van der Waals surface area contributed by atoms with Crippen LogP contribution in [0.15, 0.2) is 20.0 Å². The van der Waals surface area contributed by atoms with Crippen LogP contribution < -0.4 is 0 Å². The van der Waals surface area contributed by atoms with Crippen LogP contribution in [0.3, 0.4) is 0 Å². The normalized spacial score (nSPS) is 31.8. The molecule has 0 bridgehead atoms. The van der Waals surface area contributed by atoms with Gasteiger partial charge in [-0.1, -0.05) is 0 Å². The molecule has 1 atom stereocenters. The van der Waals surface area contributed by atoms with Gasteiger partial charge in [0.15, 0.2) is 6.29 Å². The third-order valence-corrected chi connectivity index (χ3v) is 1.51. The Bertz CT molecular complexity index is 315. The summed E-state index contributed by atoms with van der Waals surface area (Å²) in [6.07, 6.45) is 4.75. The Morgan fingerprint density at radius 1 is 1.36 bits per heavy atom. The molecule has 11 heavy (non-hydrogen) atoms. The van der Waals surface area contributed by atoms with Crippen molar-refractivity contribution in [3.8, 4) is 0 Å². The molecule has 0 aromatic heterocycles. The highest BCUT2D eigenvalue weighted by Crippen LogP contribution is 2.17. The molecule has 2 aliphatic rings. The van der Waals surface area contributed by atoms with Crippen molar-refractivity contribution in [1.82, 2.24) is 0 Å². The number of carbonyl (C=O) groups is 1. The van der Waals surface area contributed by atoms with E-state index in [2.05, 4.69) is 20.0 Å². The highest BCUT2D eigenvalue weighted by molar-refractivity contribution is 6.43. The second-order valence-electron chi connectivity index (χ2n) is 2.13. The molecular weight excluding hydrogens is 144 g/mol. The van der Waals surface area contributed by atoms with Crippen molar-refractivity contribution < 1.29 is 4.79 Å². The standard InChI is InChI=1S/C6H4N4O/c11-2-6-5(8-4-10-6)1-7-3-9-6/h1-4H. The van der Waals surface area contributed by atoms with E-state index >= 15 is 0 Å². The minimum absolute atomic E-state index is 0.481. The first kappa shape index (κ1) is 6.09. The summed E-state index contributed by atoms with van der Waals surface area (Å²) in [7, 11) is 0. The first-order chi connectivity index (χ1) is 5.37. The topological polar surface area (TPSA) is 66.5 Å². The Hall–Kier alpha value is -1.65. The number of fused-ring (bicyclic) bond motifs is 1. The molecule has 0 radical (unpaired) electrons. The molecule has 0 fully saturated rings. The van der Waals surface area contributed by atoms with Crippen molar-refractivity contribution in [3.05, 3.63) is 0 Å². The molecule has 0 N–H and O–H groups in total. The summed E-state index contributed by atoms with van der Waals surface area (Å²) in [5, 5.41) is 0. The molecule has 1 unspecified atom stereocenters. The molecule has 0 saturated heterocycles. The molecule has 2 aliphatic heterocycles. The maximum atomic E-state index is 10.6. The SMILES string of the molecule is O=CC12N=CN=CC1=NC=N2. The lowest BCUT2D eigenvalue weighted by Crippen LogP contribution is -2.36. The minimum atomic E-state index is -1.11. The number of hydrogen-bond acceptors (Lipinski definition) is 5. The number of aldehydes is 1. The lowest BCUT2D eigenvalue weighted by atomic mass is 10.1. The van der Waals surface area contributed by atoms with Crippen molar-refractivity contribution >= 4 is 30.9 Å². The molecule has 0 amide bonds. The predicted octanol–water partition coefficient (Wildman–Crippen LogP) is -0.523. The lowest BCUT2D eigenvalue weighted by Gasteiger charge is -2.14. The second-order valence-corrected chi connectivity index (χ2v) is 2.13. The average Bonchev–Trinajstić information content (AvgIpc) is 2.48. The van der Waals surface area contributed by atoms with Gasteiger partial charge >= 0.3 is 0 Å². The van der Waals surface area contributed by atoms with E-state index in [0.29, 0.717) is 12.0 Å². The van der Waals surface area contributed by atoms with Gasteiger partial charge in [-0.2, -0.15) is 0 Å². The van der Waals surface area contributed by atoms with Gasteiger partial charge in [-0.3, -0.25) is 4.79 Å². The van der Waals surface area contributed by atoms with Gasteiger partial charge in [0.05, 0.1) is 6.21 Å². The van der Waals surface area contributed by atoms with Crippen LogP contribution in [0.5, 0.6) is 0 Å². The Morgan fingerprint density at radius 2 is 2.18 bits per heavy atom. The van der Waals surface area contributed by atoms with Crippen LogP contribution in [0.25, 0.3) is 0 Å². The van der Waals surface area contributed by atoms with Crippen LogP contribution in [0.4, 0.5) is 0 Å². The van der Waals surface area contributed by atoms with Gasteiger partial charge in [-0.15, -0.1) is 0 Å². The fourth-order valence-corrected chi connectivity index (χ4v) is 0.915. The van der Waals surface area contributed by atoms with E-state index in [1.807, 2.05) is 0 Å². The zero-order valence-electron chi connectivity index (χ0n) is 5.51. The first-order valence-electron chi connectivity index (χ1n) is 3.02. The van der Waals surface area contributed by atoms with Gasteiger partial charge in [-0.25, -0.2) is 20.0 Å². The van der Waals surface area contributed by atoms with Crippen molar-refractivity contribution in [2.75, 3.05) is 0 Å². The second kappa shape index (κ2) is 1.91. The molecule has 2 heterocycles. The van der Waals surface area contributed by atoms with Gasteiger partial charge < -0.3 is 0 Å². The van der Waals surface area contributed by atoms with Crippen molar-refractivity contribution in [3.63, 3.8) is 0 Å². The third kappa shape index (κ3) is 0.674. The largest absolute Gasteiger partial charge is 0.298 e. The third-order valence-electron chi connectivity index (χ3n) is 1.51. The summed E-state index contributed by atoms with van der Waals surface area (Å²) in [5.74, 6) is 0. The fraction of sp³-hybridized carbons (Fsp3) is 0.167. The van der Waals surface area contributed by atoms with Crippen LogP contribution >= 0.6 is 0 Å². The summed E-state index contributed by atoms with van der Waals surface area (Å²) >= 11 is 0. The van der Waals surface area contributed by atoms with Crippen LogP contribution in [0.2, 0.25) is 0 Å². The van der Waals surface area contributed by atoms with Crippen LogP contribution in [-0.2, 0) is 4.79 Å². The zero-order chi connectivity index (χ0) is 7.73. The molecular formula is C6H4N4O. The van der Waals surface area contributed by atoms with Crippen molar-refractivity contribution in [2.24, 2.45) is 20.0 Å². The van der Waals surface area contributed by atoms with E-state index in [0.717, 1.165) is 0 Å². The highest BCUT2D eigenvalue weighted by atomic mass is 16.1. The lowest BCUT2D eigenvalue weighted by molar-refractivity contribution is -0.109. The van der Waals surface area contributed by atoms with Crippen LogP contribution in [0, 0.1) is 0 Å². The molecule has 54 valence electrons. The van der Waals surface area contributed by atoms with E-state index in [1.165, 1.54) is 18.9 Å². The number of hydrogen-bond donors (Lipinski definition) is 0. The molecule has 0 spiro atoms. The van der Waals surface area contributed by atoms with E-state index < -0.39 is 5.66 Å². The number of rotatable bonds is 1. The van der Waals surface area contributed by atoms with Gasteiger partial charge in [0, 0.05) is 0 Å². The molecule has 0 aromatic carbocycles. The Kier molecular flexibility index (Phi) is 1.06. The fourth-order valence-electron chi connectivity index (χ4n) is 0.915. The maximum Gasteiger partial charge on any atom is 0.252 e. The summed E-state index contributed by atoms with van der Waals surface area (Å²) in [5.41, 5.74) is -0.628. The van der Waals surface area contributed by atoms with Gasteiger partial charge in [-0.05, 0) is 0 Å². The Morgan fingerprint density at radius 3 is 2.91 bits per heavy atom. The van der Waals surface area contributed by atoms with Crippen molar-refractivity contribution in [2.45, 2.75) is 5.66 Å². The molecule has 5 heteroatoms. The first-order valence-corrected chi connectivity index (χ1v) is 3.02. The monoisotopic (exact) mass is 148 g/mol. The number of carbonyl (C=O) groups excluding carboxylic acids is 1. The quantitative estimate of drug-likeness (QED) is 0.461. The van der Waals surface area contributed by atoms with Crippen LogP contribution in [-0.4, -0.2) is 36.6 Å². The number of aliphatic imine (C=N–C) groups is 4. The molecule has 5 nitrogen and oxygen atoms in total. The van der Waals surface area contributed by atoms with Crippen LogP contribution in [0.1, 0.15) is 0 Å². The van der Waals surface area contributed by atoms with E-state index in [1.54, 1.807) is 0 Å². The molecule has 0 saturated carbocycles. The maximum absolute atomic E-state index is 10.6. The highest BCUT2D eigenvalue weighted by Gasteiger charge is 2.37. The van der Waals surface area contributed by atoms with E-state index in [-0.39, 0.29) is 0 Å². The summed E-state index contributed by atoms with van der Waals surface area (Å²) in [6.45, 7) is 0. The smallest absolute Gasteiger partial charge is 0.252 e. The number of nitrogens with zero attached hydrogens (tertiary/aromatic N) is 4. The van der Waals surface area contributed by atoms with Gasteiger partial charge in [0.1, 0.15) is 18.4 Å². The summed E-state index contributed by atoms with van der Waals surface area (Å²) < 4.78 is 0. The summed E-state index contributed by atoms with van der Waals surface area (Å²) in [6, 6.07) is 0. The minimum Gasteiger partial charge on any atom is -0.298 e. The molecule has 0 aromatic rings. The van der Waals surface area contributed by atoms with Crippen molar-refractivity contribution in [1.29, 1.82) is 0 Å². The predicted molar refractivity (Wildman–Crippen MR) is 41.7 cm³/mol. The molecule has 0 aliphatic carbocycles. The molecule has 2 rings (SSSR count). The summed E-state index contributed by atoms with van der Waals surface area (Å²) in [4.78, 5) is 25.8. The average molecular weight is 148 g/mol.